The van der Waals surface area contributed by atoms with Gasteiger partial charge < -0.3 is 5.32 Å². The number of carbonyl (C=O) groups excluding carboxylic acids is 1. The van der Waals surface area contributed by atoms with Gasteiger partial charge in [-0.3, -0.25) is 9.78 Å². The largest absolute Gasteiger partial charge is 0.321 e. The van der Waals surface area contributed by atoms with Crippen molar-refractivity contribution in [2.24, 2.45) is 0 Å². The topological polar surface area (TPSA) is 42.0 Å². The zero-order chi connectivity index (χ0) is 13.1. The number of nitrogens with zero attached hydrogens (tertiary/aromatic N) is 1. The molecule has 0 saturated carbocycles. The highest BCUT2D eigenvalue weighted by Gasteiger charge is 2.10. The third-order valence-electron chi connectivity index (χ3n) is 2.31. The monoisotopic (exact) mass is 416 g/mol. The minimum atomic E-state index is -0.131. The lowest BCUT2D eigenvalue weighted by molar-refractivity contribution is 0.102. The van der Waals surface area contributed by atoms with E-state index in [2.05, 4.69) is 48.8 Å². The molecule has 1 aromatic heterocycles. The molecule has 92 valence electrons. The van der Waals surface area contributed by atoms with E-state index in [9.17, 15) is 4.79 Å². The Hall–Kier alpha value is -0.950. The van der Waals surface area contributed by atoms with Crippen molar-refractivity contribution in [3.63, 3.8) is 0 Å². The lowest BCUT2D eigenvalue weighted by atomic mass is 10.2. The fourth-order valence-corrected chi connectivity index (χ4v) is 2.43. The Morgan fingerprint density at radius 3 is 2.83 bits per heavy atom. The molecule has 0 fully saturated rings. The second-order valence-corrected chi connectivity index (χ2v) is 5.91. The maximum Gasteiger partial charge on any atom is 0.256 e. The molecule has 1 heterocycles. The zero-order valence-electron chi connectivity index (χ0n) is 9.58. The number of amides is 1. The number of aromatic nitrogens is 1. The average Bonchev–Trinajstić information content (AvgIpc) is 2.32. The van der Waals surface area contributed by atoms with Crippen molar-refractivity contribution in [2.75, 3.05) is 5.32 Å². The number of halogens is 2. The quantitative estimate of drug-likeness (QED) is 0.751. The Morgan fingerprint density at radius 1 is 1.33 bits per heavy atom. The van der Waals surface area contributed by atoms with Crippen LogP contribution in [0.25, 0.3) is 0 Å². The summed E-state index contributed by atoms with van der Waals surface area (Å²) in [4.78, 5) is 16.2. The van der Waals surface area contributed by atoms with Gasteiger partial charge in [0, 0.05) is 14.2 Å². The fourth-order valence-electron chi connectivity index (χ4n) is 1.49. The third kappa shape index (κ3) is 3.29. The van der Waals surface area contributed by atoms with Gasteiger partial charge in [-0.2, -0.15) is 0 Å². The summed E-state index contributed by atoms with van der Waals surface area (Å²) < 4.78 is 1.80. The molecule has 1 N–H and O–H groups in total. The van der Waals surface area contributed by atoms with Crippen LogP contribution in [0.4, 0.5) is 5.69 Å². The minimum absolute atomic E-state index is 0.131. The molecule has 0 aliphatic rings. The standard InChI is InChI=1S/C13H10BrIN2O/c1-8-4-10(7-16-6-8)17-13(18)11-5-9(14)2-3-12(11)15/h2-7H,1H3,(H,17,18). The van der Waals surface area contributed by atoms with Gasteiger partial charge in [-0.05, 0) is 59.3 Å². The van der Waals surface area contributed by atoms with Crippen LogP contribution in [0.15, 0.2) is 41.1 Å². The van der Waals surface area contributed by atoms with Gasteiger partial charge in [0.2, 0.25) is 0 Å². The van der Waals surface area contributed by atoms with Crippen molar-refractivity contribution in [2.45, 2.75) is 6.92 Å². The predicted molar refractivity (Wildman–Crippen MR) is 83.8 cm³/mol. The zero-order valence-corrected chi connectivity index (χ0v) is 13.3. The molecular formula is C13H10BrIN2O. The molecule has 2 aromatic rings. The molecular weight excluding hydrogens is 407 g/mol. The first-order valence-electron chi connectivity index (χ1n) is 5.24. The molecule has 0 radical (unpaired) electrons. The number of hydrogen-bond donors (Lipinski definition) is 1. The van der Waals surface area contributed by atoms with Gasteiger partial charge in [-0.15, -0.1) is 0 Å². The van der Waals surface area contributed by atoms with Crippen LogP contribution in [0.5, 0.6) is 0 Å². The average molecular weight is 417 g/mol. The Labute approximate surface area is 127 Å². The van der Waals surface area contributed by atoms with Crippen LogP contribution in [0.1, 0.15) is 15.9 Å². The van der Waals surface area contributed by atoms with Crippen molar-refractivity contribution >= 4 is 50.1 Å². The molecule has 0 saturated heterocycles. The number of carbonyl (C=O) groups is 1. The van der Waals surface area contributed by atoms with Gasteiger partial charge in [0.25, 0.3) is 5.91 Å². The number of benzene rings is 1. The molecule has 1 amide bonds. The third-order valence-corrected chi connectivity index (χ3v) is 3.74. The molecule has 0 spiro atoms. The summed E-state index contributed by atoms with van der Waals surface area (Å²) in [6.07, 6.45) is 3.38. The Bertz CT molecular complexity index is 601. The van der Waals surface area contributed by atoms with E-state index in [1.807, 2.05) is 25.1 Å². The van der Waals surface area contributed by atoms with Crippen molar-refractivity contribution < 1.29 is 4.79 Å². The van der Waals surface area contributed by atoms with E-state index in [4.69, 9.17) is 0 Å². The summed E-state index contributed by atoms with van der Waals surface area (Å²) in [7, 11) is 0. The first kappa shape index (κ1) is 13.5. The normalized spacial score (nSPS) is 10.2. The molecule has 0 aliphatic carbocycles. The van der Waals surface area contributed by atoms with E-state index >= 15 is 0 Å². The van der Waals surface area contributed by atoms with Crippen molar-refractivity contribution in [1.29, 1.82) is 0 Å². The van der Waals surface area contributed by atoms with Crippen LogP contribution in [-0.4, -0.2) is 10.9 Å². The summed E-state index contributed by atoms with van der Waals surface area (Å²) >= 11 is 5.51. The minimum Gasteiger partial charge on any atom is -0.321 e. The second-order valence-electron chi connectivity index (χ2n) is 3.83. The van der Waals surface area contributed by atoms with E-state index in [-0.39, 0.29) is 5.91 Å². The van der Waals surface area contributed by atoms with Gasteiger partial charge in [-0.25, -0.2) is 0 Å². The Balaban J connectivity index is 2.24. The molecule has 0 unspecified atom stereocenters. The Kier molecular flexibility index (Phi) is 4.34. The number of anilines is 1. The first-order valence-corrected chi connectivity index (χ1v) is 7.11. The van der Waals surface area contributed by atoms with Gasteiger partial charge in [0.05, 0.1) is 17.4 Å². The molecule has 0 aliphatic heterocycles. The number of rotatable bonds is 2. The molecule has 18 heavy (non-hydrogen) atoms. The van der Waals surface area contributed by atoms with E-state index in [0.29, 0.717) is 11.3 Å². The van der Waals surface area contributed by atoms with Crippen LogP contribution in [0.2, 0.25) is 0 Å². The summed E-state index contributed by atoms with van der Waals surface area (Å²) in [5, 5.41) is 2.84. The lowest BCUT2D eigenvalue weighted by Crippen LogP contribution is -2.13. The maximum absolute atomic E-state index is 12.1. The van der Waals surface area contributed by atoms with Gasteiger partial charge in [0.15, 0.2) is 0 Å². The van der Waals surface area contributed by atoms with Crippen molar-refractivity contribution in [1.82, 2.24) is 4.98 Å². The molecule has 0 atom stereocenters. The number of aryl methyl sites for hydroxylation is 1. The van der Waals surface area contributed by atoms with E-state index in [1.54, 1.807) is 18.5 Å². The molecule has 1 aromatic carbocycles. The predicted octanol–water partition coefficient (Wildman–Crippen LogP) is 4.01. The van der Waals surface area contributed by atoms with E-state index in [1.165, 1.54) is 0 Å². The highest BCUT2D eigenvalue weighted by molar-refractivity contribution is 14.1. The number of hydrogen-bond acceptors (Lipinski definition) is 2. The van der Waals surface area contributed by atoms with E-state index < -0.39 is 0 Å². The second kappa shape index (κ2) is 5.79. The van der Waals surface area contributed by atoms with Crippen LogP contribution < -0.4 is 5.32 Å². The highest BCUT2D eigenvalue weighted by atomic mass is 127. The highest BCUT2D eigenvalue weighted by Crippen LogP contribution is 2.19. The molecule has 0 bridgehead atoms. The summed E-state index contributed by atoms with van der Waals surface area (Å²) in [6.45, 7) is 1.94. The van der Waals surface area contributed by atoms with Gasteiger partial charge in [-0.1, -0.05) is 15.9 Å². The summed E-state index contributed by atoms with van der Waals surface area (Å²) in [5.41, 5.74) is 2.36. The summed E-state index contributed by atoms with van der Waals surface area (Å²) in [6, 6.07) is 7.50. The van der Waals surface area contributed by atoms with E-state index in [0.717, 1.165) is 13.6 Å². The maximum atomic E-state index is 12.1. The fraction of sp³-hybridized carbons (Fsp3) is 0.0769. The van der Waals surface area contributed by atoms with Crippen molar-refractivity contribution in [3.8, 4) is 0 Å². The van der Waals surface area contributed by atoms with Gasteiger partial charge in [0.1, 0.15) is 0 Å². The number of pyridine rings is 1. The molecule has 5 heteroatoms. The number of nitrogens with one attached hydrogen (secondary N) is 1. The SMILES string of the molecule is Cc1cncc(NC(=O)c2cc(Br)ccc2I)c1. The first-order chi connectivity index (χ1) is 8.56. The van der Waals surface area contributed by atoms with Crippen LogP contribution in [0, 0.1) is 10.5 Å². The summed E-state index contributed by atoms with van der Waals surface area (Å²) in [5.74, 6) is -0.131. The van der Waals surface area contributed by atoms with Crippen LogP contribution in [-0.2, 0) is 0 Å². The van der Waals surface area contributed by atoms with Crippen LogP contribution >= 0.6 is 38.5 Å². The molecule has 3 nitrogen and oxygen atoms in total. The van der Waals surface area contributed by atoms with Gasteiger partial charge >= 0.3 is 0 Å². The smallest absolute Gasteiger partial charge is 0.256 e. The lowest BCUT2D eigenvalue weighted by Gasteiger charge is -2.07. The molecule has 2 rings (SSSR count). The van der Waals surface area contributed by atoms with Crippen LogP contribution in [0.3, 0.4) is 0 Å². The van der Waals surface area contributed by atoms with Crippen molar-refractivity contribution in [3.05, 3.63) is 55.8 Å². The Morgan fingerprint density at radius 2 is 2.11 bits per heavy atom.